The van der Waals surface area contributed by atoms with Gasteiger partial charge in [-0.05, 0) is 93.5 Å². The SMILES string of the molecule is Cc1ccc(N(c2cccc(F)c2)c2cc3c(c4c2oc2ccccc24)-c2c(ccc4ccccc24)C3(c2ccccc2)c2ccccc2)cc1. The number of halogens is 1. The lowest BCUT2D eigenvalue weighted by atomic mass is 9.67. The average Bonchev–Trinajstić information content (AvgIpc) is 3.71. The van der Waals surface area contributed by atoms with Gasteiger partial charge < -0.3 is 9.32 Å². The van der Waals surface area contributed by atoms with E-state index in [9.17, 15) is 0 Å². The van der Waals surface area contributed by atoms with E-state index >= 15 is 4.39 Å². The molecule has 1 aliphatic carbocycles. The molecule has 1 aromatic heterocycles. The molecule has 0 fully saturated rings. The third-order valence-corrected chi connectivity index (χ3v) is 10.6. The summed E-state index contributed by atoms with van der Waals surface area (Å²) in [6.07, 6.45) is 0. The van der Waals surface area contributed by atoms with Crippen LogP contribution in [0.5, 0.6) is 0 Å². The molecule has 0 aliphatic heterocycles. The molecule has 0 amide bonds. The molecule has 8 aromatic carbocycles. The number of benzene rings is 8. The maximum Gasteiger partial charge on any atom is 0.160 e. The molecule has 0 unspecified atom stereocenters. The van der Waals surface area contributed by atoms with Gasteiger partial charge in [-0.25, -0.2) is 4.39 Å². The molecule has 10 rings (SSSR count). The van der Waals surface area contributed by atoms with Crippen LogP contribution >= 0.6 is 0 Å². The van der Waals surface area contributed by atoms with Gasteiger partial charge >= 0.3 is 0 Å². The van der Waals surface area contributed by atoms with E-state index < -0.39 is 5.41 Å². The molecular weight excluding hydrogens is 626 g/mol. The Labute approximate surface area is 295 Å². The second-order valence-electron chi connectivity index (χ2n) is 13.5. The second-order valence-corrected chi connectivity index (χ2v) is 13.5. The molecule has 0 spiro atoms. The van der Waals surface area contributed by atoms with Crippen LogP contribution in [0.15, 0.2) is 180 Å². The van der Waals surface area contributed by atoms with Crippen LogP contribution in [-0.4, -0.2) is 0 Å². The third kappa shape index (κ3) is 4.28. The molecule has 1 heterocycles. The molecule has 0 saturated heterocycles. The summed E-state index contributed by atoms with van der Waals surface area (Å²) in [5, 5.41) is 4.48. The van der Waals surface area contributed by atoms with Crippen molar-refractivity contribution in [1.29, 1.82) is 0 Å². The highest BCUT2D eigenvalue weighted by Gasteiger charge is 2.48. The van der Waals surface area contributed by atoms with Crippen LogP contribution in [0.2, 0.25) is 0 Å². The van der Waals surface area contributed by atoms with Crippen molar-refractivity contribution in [2.45, 2.75) is 12.3 Å². The van der Waals surface area contributed by atoms with E-state index in [4.69, 9.17) is 4.42 Å². The Bertz CT molecular complexity index is 2730. The first-order chi connectivity index (χ1) is 25.1. The fourth-order valence-electron chi connectivity index (χ4n) is 8.50. The van der Waals surface area contributed by atoms with E-state index in [1.165, 1.54) is 44.7 Å². The van der Waals surface area contributed by atoms with Crippen molar-refractivity contribution in [2.24, 2.45) is 0 Å². The zero-order valence-electron chi connectivity index (χ0n) is 28.0. The van der Waals surface area contributed by atoms with Gasteiger partial charge in [0.15, 0.2) is 5.58 Å². The summed E-state index contributed by atoms with van der Waals surface area (Å²) in [4.78, 5) is 2.15. The lowest BCUT2D eigenvalue weighted by Crippen LogP contribution is -2.28. The van der Waals surface area contributed by atoms with Crippen LogP contribution in [-0.2, 0) is 5.41 Å². The first kappa shape index (κ1) is 29.5. The summed E-state index contributed by atoms with van der Waals surface area (Å²) in [7, 11) is 0. The van der Waals surface area contributed by atoms with Crippen molar-refractivity contribution < 1.29 is 8.81 Å². The van der Waals surface area contributed by atoms with Crippen molar-refractivity contribution in [3.05, 3.63) is 210 Å². The standard InChI is InChI=1S/C48H32FNO/c1-31-23-26-36(27-24-31)50(37-19-12-18-35(49)29-37)42-30-41-46(45-39-21-10-11-22-43(39)51-47(42)45)44-38-20-9-8-13-32(38)25-28-40(44)48(41,33-14-4-2-5-15-33)34-16-6-3-7-17-34/h2-30H,1H3. The molecule has 9 aromatic rings. The normalized spacial score (nSPS) is 13.1. The molecule has 0 N–H and O–H groups in total. The van der Waals surface area contributed by atoms with Crippen LogP contribution in [0, 0.1) is 12.7 Å². The molecule has 0 saturated carbocycles. The lowest BCUT2D eigenvalue weighted by Gasteiger charge is -2.35. The van der Waals surface area contributed by atoms with E-state index in [0.29, 0.717) is 5.69 Å². The van der Waals surface area contributed by atoms with Crippen LogP contribution in [0.25, 0.3) is 43.8 Å². The van der Waals surface area contributed by atoms with Gasteiger partial charge in [0.25, 0.3) is 0 Å². The predicted octanol–water partition coefficient (Wildman–Crippen LogP) is 13.0. The molecule has 0 bridgehead atoms. The fourth-order valence-corrected chi connectivity index (χ4v) is 8.50. The highest BCUT2D eigenvalue weighted by atomic mass is 19.1. The Morgan fingerprint density at radius 3 is 1.92 bits per heavy atom. The zero-order valence-corrected chi connectivity index (χ0v) is 28.0. The number of aryl methyl sites for hydroxylation is 1. The van der Waals surface area contributed by atoms with E-state index in [1.807, 2.05) is 18.2 Å². The summed E-state index contributed by atoms with van der Waals surface area (Å²) >= 11 is 0. The fraction of sp³-hybridized carbons (Fsp3) is 0.0417. The van der Waals surface area contributed by atoms with Crippen LogP contribution in [0.3, 0.4) is 0 Å². The van der Waals surface area contributed by atoms with Crippen molar-refractivity contribution in [3.63, 3.8) is 0 Å². The summed E-state index contributed by atoms with van der Waals surface area (Å²) in [5.41, 5.74) is 11.7. The Balaban J connectivity index is 1.46. The number of furan rings is 1. The van der Waals surface area contributed by atoms with Gasteiger partial charge in [-0.1, -0.05) is 139 Å². The number of hydrogen-bond donors (Lipinski definition) is 0. The van der Waals surface area contributed by atoms with Crippen molar-refractivity contribution in [2.75, 3.05) is 4.90 Å². The molecule has 0 radical (unpaired) electrons. The third-order valence-electron chi connectivity index (χ3n) is 10.6. The predicted molar refractivity (Wildman–Crippen MR) is 208 cm³/mol. The minimum Gasteiger partial charge on any atom is -0.454 e. The van der Waals surface area contributed by atoms with Gasteiger partial charge in [-0.3, -0.25) is 0 Å². The van der Waals surface area contributed by atoms with Crippen molar-refractivity contribution in [3.8, 4) is 11.1 Å². The monoisotopic (exact) mass is 657 g/mol. The van der Waals surface area contributed by atoms with E-state index in [-0.39, 0.29) is 5.82 Å². The van der Waals surface area contributed by atoms with E-state index in [0.717, 1.165) is 44.4 Å². The number of anilines is 3. The first-order valence-electron chi connectivity index (χ1n) is 17.4. The minimum absolute atomic E-state index is 0.298. The van der Waals surface area contributed by atoms with Crippen LogP contribution < -0.4 is 4.90 Å². The molecule has 51 heavy (non-hydrogen) atoms. The van der Waals surface area contributed by atoms with Crippen molar-refractivity contribution in [1.82, 2.24) is 0 Å². The van der Waals surface area contributed by atoms with Crippen LogP contribution in [0.4, 0.5) is 21.5 Å². The molecule has 0 atom stereocenters. The number of nitrogens with zero attached hydrogens (tertiary/aromatic N) is 1. The number of fused-ring (bicyclic) bond motifs is 9. The Morgan fingerprint density at radius 2 is 1.20 bits per heavy atom. The Kier molecular flexibility index (Phi) is 6.53. The highest BCUT2D eigenvalue weighted by Crippen LogP contribution is 2.62. The van der Waals surface area contributed by atoms with Crippen molar-refractivity contribution >= 4 is 49.8 Å². The van der Waals surface area contributed by atoms with E-state index in [1.54, 1.807) is 12.1 Å². The summed E-state index contributed by atoms with van der Waals surface area (Å²) in [5.74, 6) is -0.298. The first-order valence-corrected chi connectivity index (χ1v) is 17.4. The maximum atomic E-state index is 15.2. The highest BCUT2D eigenvalue weighted by molar-refractivity contribution is 6.22. The topological polar surface area (TPSA) is 16.4 Å². The Hall–Kier alpha value is -6.45. The van der Waals surface area contributed by atoms with Gasteiger partial charge in [0, 0.05) is 22.1 Å². The zero-order chi connectivity index (χ0) is 34.1. The quantitative estimate of drug-likeness (QED) is 0.183. The maximum absolute atomic E-state index is 15.2. The molecule has 242 valence electrons. The average molecular weight is 658 g/mol. The van der Waals surface area contributed by atoms with Crippen LogP contribution in [0.1, 0.15) is 27.8 Å². The molecular formula is C48H32FNO. The minimum atomic E-state index is -0.667. The smallest absolute Gasteiger partial charge is 0.160 e. The second kappa shape index (κ2) is 11.3. The molecule has 2 nitrogen and oxygen atoms in total. The summed E-state index contributed by atoms with van der Waals surface area (Å²) in [6, 6.07) is 60.9. The number of rotatable bonds is 5. The number of para-hydroxylation sites is 1. The van der Waals surface area contributed by atoms with Gasteiger partial charge in [0.05, 0.1) is 11.1 Å². The summed E-state index contributed by atoms with van der Waals surface area (Å²) < 4.78 is 22.1. The molecule has 3 heteroatoms. The van der Waals surface area contributed by atoms with Gasteiger partial charge in [-0.15, -0.1) is 0 Å². The lowest BCUT2D eigenvalue weighted by molar-refractivity contribution is 0.628. The van der Waals surface area contributed by atoms with Gasteiger partial charge in [-0.2, -0.15) is 0 Å². The summed E-state index contributed by atoms with van der Waals surface area (Å²) in [6.45, 7) is 2.08. The molecule has 1 aliphatic rings. The Morgan fingerprint density at radius 1 is 0.529 bits per heavy atom. The van der Waals surface area contributed by atoms with E-state index in [2.05, 4.69) is 151 Å². The largest absolute Gasteiger partial charge is 0.454 e. The van der Waals surface area contributed by atoms with Gasteiger partial charge in [0.1, 0.15) is 11.4 Å². The number of hydrogen-bond acceptors (Lipinski definition) is 2. The van der Waals surface area contributed by atoms with Gasteiger partial charge in [0.2, 0.25) is 0 Å².